The summed E-state index contributed by atoms with van der Waals surface area (Å²) in [6.07, 6.45) is 5.38. The lowest BCUT2D eigenvalue weighted by Crippen LogP contribution is -2.04. The summed E-state index contributed by atoms with van der Waals surface area (Å²) in [6.45, 7) is 0.557. The first-order chi connectivity index (χ1) is 9.28. The Bertz CT molecular complexity index is 519. The minimum absolute atomic E-state index is 0.142. The van der Waals surface area contributed by atoms with E-state index >= 15 is 0 Å². The number of anilines is 1. The van der Waals surface area contributed by atoms with Crippen molar-refractivity contribution in [2.24, 2.45) is 0 Å². The summed E-state index contributed by atoms with van der Waals surface area (Å²) in [5, 5.41) is 0. The summed E-state index contributed by atoms with van der Waals surface area (Å²) in [5.41, 5.74) is 6.78. The first-order valence-electron chi connectivity index (χ1n) is 5.98. The molecule has 0 amide bonds. The van der Waals surface area contributed by atoms with Crippen LogP contribution in [-0.2, 0) is 6.42 Å². The van der Waals surface area contributed by atoms with Gasteiger partial charge in [-0.3, -0.25) is 4.98 Å². The van der Waals surface area contributed by atoms with Crippen molar-refractivity contribution in [1.82, 2.24) is 15.0 Å². The first-order valence-corrected chi connectivity index (χ1v) is 5.98. The SMILES string of the molecule is COc1cc(OCCCc2ccncc2)nc(N)n1. The van der Waals surface area contributed by atoms with Crippen molar-refractivity contribution < 1.29 is 9.47 Å². The van der Waals surface area contributed by atoms with E-state index in [1.54, 1.807) is 18.5 Å². The first kappa shape index (κ1) is 13.1. The van der Waals surface area contributed by atoms with Crippen LogP contribution in [0.3, 0.4) is 0 Å². The van der Waals surface area contributed by atoms with Gasteiger partial charge in [0.1, 0.15) is 0 Å². The number of pyridine rings is 1. The molecule has 0 aliphatic heterocycles. The average molecular weight is 260 g/mol. The minimum atomic E-state index is 0.142. The second-order valence-corrected chi connectivity index (χ2v) is 3.91. The monoisotopic (exact) mass is 260 g/mol. The third-order valence-corrected chi connectivity index (χ3v) is 2.51. The van der Waals surface area contributed by atoms with E-state index in [4.69, 9.17) is 15.2 Å². The highest BCUT2D eigenvalue weighted by Crippen LogP contribution is 2.16. The van der Waals surface area contributed by atoms with Crippen LogP contribution in [0.1, 0.15) is 12.0 Å². The maximum atomic E-state index is 5.54. The normalized spacial score (nSPS) is 10.2. The number of nitrogens with two attached hydrogens (primary N) is 1. The number of rotatable bonds is 6. The van der Waals surface area contributed by atoms with Gasteiger partial charge in [0.2, 0.25) is 17.7 Å². The van der Waals surface area contributed by atoms with E-state index in [1.807, 2.05) is 12.1 Å². The zero-order valence-electron chi connectivity index (χ0n) is 10.7. The second kappa shape index (κ2) is 6.53. The van der Waals surface area contributed by atoms with Gasteiger partial charge in [0, 0.05) is 12.4 Å². The van der Waals surface area contributed by atoms with E-state index < -0.39 is 0 Å². The van der Waals surface area contributed by atoms with Crippen LogP contribution in [0.25, 0.3) is 0 Å². The Morgan fingerprint density at radius 2 is 1.89 bits per heavy atom. The van der Waals surface area contributed by atoms with Crippen molar-refractivity contribution >= 4 is 5.95 Å². The fourth-order valence-electron chi connectivity index (χ4n) is 1.60. The minimum Gasteiger partial charge on any atom is -0.481 e. The van der Waals surface area contributed by atoms with Crippen LogP contribution in [-0.4, -0.2) is 28.7 Å². The van der Waals surface area contributed by atoms with Gasteiger partial charge in [-0.05, 0) is 30.5 Å². The zero-order chi connectivity index (χ0) is 13.5. The van der Waals surface area contributed by atoms with Gasteiger partial charge in [0.05, 0.1) is 19.8 Å². The Morgan fingerprint density at radius 1 is 1.16 bits per heavy atom. The van der Waals surface area contributed by atoms with E-state index in [9.17, 15) is 0 Å². The van der Waals surface area contributed by atoms with Gasteiger partial charge in [0.15, 0.2) is 0 Å². The summed E-state index contributed by atoms with van der Waals surface area (Å²) >= 11 is 0. The number of aryl methyl sites for hydroxylation is 1. The van der Waals surface area contributed by atoms with Crippen LogP contribution in [0.4, 0.5) is 5.95 Å². The molecule has 0 aliphatic rings. The molecule has 0 saturated heterocycles. The summed E-state index contributed by atoms with van der Waals surface area (Å²) in [6, 6.07) is 5.60. The van der Waals surface area contributed by atoms with Crippen molar-refractivity contribution in [3.05, 3.63) is 36.2 Å². The zero-order valence-corrected chi connectivity index (χ0v) is 10.7. The Kier molecular flexibility index (Phi) is 4.49. The van der Waals surface area contributed by atoms with Crippen LogP contribution in [0.15, 0.2) is 30.6 Å². The Labute approximate surface area is 111 Å². The number of hydrogen-bond acceptors (Lipinski definition) is 6. The molecule has 100 valence electrons. The predicted octanol–water partition coefficient (Wildman–Crippen LogP) is 1.47. The van der Waals surface area contributed by atoms with Crippen molar-refractivity contribution in [1.29, 1.82) is 0 Å². The molecule has 2 N–H and O–H groups in total. The van der Waals surface area contributed by atoms with Gasteiger partial charge in [0.25, 0.3) is 0 Å². The molecule has 0 fully saturated rings. The highest BCUT2D eigenvalue weighted by atomic mass is 16.5. The molecule has 6 nitrogen and oxygen atoms in total. The number of ether oxygens (including phenoxy) is 2. The quantitative estimate of drug-likeness (QED) is 0.792. The third-order valence-electron chi connectivity index (χ3n) is 2.51. The van der Waals surface area contributed by atoms with Crippen LogP contribution in [0, 0.1) is 0 Å². The fourth-order valence-corrected chi connectivity index (χ4v) is 1.60. The molecule has 2 aromatic heterocycles. The topological polar surface area (TPSA) is 83.2 Å². The highest BCUT2D eigenvalue weighted by Gasteiger charge is 2.03. The molecule has 0 aliphatic carbocycles. The maximum absolute atomic E-state index is 5.54. The van der Waals surface area contributed by atoms with Gasteiger partial charge in [-0.25, -0.2) is 0 Å². The number of methoxy groups -OCH3 is 1. The molecule has 2 rings (SSSR count). The molecule has 0 unspecified atom stereocenters. The number of hydrogen-bond donors (Lipinski definition) is 1. The molecule has 0 aromatic carbocycles. The van der Waals surface area contributed by atoms with Crippen LogP contribution in [0.5, 0.6) is 11.8 Å². The Morgan fingerprint density at radius 3 is 2.63 bits per heavy atom. The van der Waals surface area contributed by atoms with Crippen molar-refractivity contribution in [2.75, 3.05) is 19.5 Å². The van der Waals surface area contributed by atoms with E-state index in [0.29, 0.717) is 18.4 Å². The average Bonchev–Trinajstić information content (AvgIpc) is 2.44. The summed E-state index contributed by atoms with van der Waals surface area (Å²) < 4.78 is 10.5. The largest absolute Gasteiger partial charge is 0.481 e. The molecule has 2 heterocycles. The smallest absolute Gasteiger partial charge is 0.226 e. The van der Waals surface area contributed by atoms with Gasteiger partial charge in [-0.15, -0.1) is 0 Å². The van der Waals surface area contributed by atoms with Crippen LogP contribution in [0.2, 0.25) is 0 Å². The van der Waals surface area contributed by atoms with Crippen molar-refractivity contribution in [3.63, 3.8) is 0 Å². The molecular formula is C13H16N4O2. The van der Waals surface area contributed by atoms with E-state index in [-0.39, 0.29) is 5.95 Å². The lowest BCUT2D eigenvalue weighted by atomic mass is 10.1. The lowest BCUT2D eigenvalue weighted by molar-refractivity contribution is 0.295. The van der Waals surface area contributed by atoms with E-state index in [2.05, 4.69) is 15.0 Å². The van der Waals surface area contributed by atoms with Crippen molar-refractivity contribution in [3.8, 4) is 11.8 Å². The van der Waals surface area contributed by atoms with E-state index in [0.717, 1.165) is 12.8 Å². The molecule has 0 radical (unpaired) electrons. The lowest BCUT2D eigenvalue weighted by Gasteiger charge is -2.07. The molecule has 19 heavy (non-hydrogen) atoms. The molecule has 0 saturated carbocycles. The number of nitrogens with zero attached hydrogens (tertiary/aromatic N) is 3. The predicted molar refractivity (Wildman–Crippen MR) is 71.0 cm³/mol. The van der Waals surface area contributed by atoms with E-state index in [1.165, 1.54) is 12.7 Å². The number of nitrogen functional groups attached to an aromatic ring is 1. The third kappa shape index (κ3) is 4.09. The molecular weight excluding hydrogens is 244 g/mol. The molecule has 0 atom stereocenters. The highest BCUT2D eigenvalue weighted by molar-refractivity contribution is 5.29. The van der Waals surface area contributed by atoms with Crippen LogP contribution < -0.4 is 15.2 Å². The summed E-state index contributed by atoms with van der Waals surface area (Å²) in [4.78, 5) is 11.8. The van der Waals surface area contributed by atoms with Gasteiger partial charge < -0.3 is 15.2 Å². The maximum Gasteiger partial charge on any atom is 0.226 e. The van der Waals surface area contributed by atoms with Gasteiger partial charge >= 0.3 is 0 Å². The van der Waals surface area contributed by atoms with Gasteiger partial charge in [-0.2, -0.15) is 9.97 Å². The Balaban J connectivity index is 1.81. The van der Waals surface area contributed by atoms with Crippen LogP contribution >= 0.6 is 0 Å². The molecule has 6 heteroatoms. The molecule has 0 bridgehead atoms. The van der Waals surface area contributed by atoms with Crippen molar-refractivity contribution in [2.45, 2.75) is 12.8 Å². The summed E-state index contributed by atoms with van der Waals surface area (Å²) in [7, 11) is 1.52. The Hall–Kier alpha value is -2.37. The summed E-state index contributed by atoms with van der Waals surface area (Å²) in [5.74, 6) is 0.971. The molecule has 0 spiro atoms. The van der Waals surface area contributed by atoms with Gasteiger partial charge in [-0.1, -0.05) is 0 Å². The molecule has 2 aromatic rings. The fraction of sp³-hybridized carbons (Fsp3) is 0.308. The standard InChI is InChI=1S/C13H16N4O2/c1-18-11-9-12(17-13(14)16-11)19-8-2-3-10-4-6-15-7-5-10/h4-7,9H,2-3,8H2,1H3,(H2,14,16,17). The number of aromatic nitrogens is 3. The second-order valence-electron chi connectivity index (χ2n) is 3.91.